The summed E-state index contributed by atoms with van der Waals surface area (Å²) >= 11 is 2.99. The Balaban J connectivity index is 1.26. The molecule has 0 aliphatic carbocycles. The third-order valence-corrected chi connectivity index (χ3v) is 9.48. The second kappa shape index (κ2) is 9.21. The van der Waals surface area contributed by atoms with Crippen LogP contribution in [0.25, 0.3) is 86.9 Å². The summed E-state index contributed by atoms with van der Waals surface area (Å²) in [6, 6.07) is 39.7. The van der Waals surface area contributed by atoms with E-state index in [9.17, 15) is 0 Å². The van der Waals surface area contributed by atoms with Crippen LogP contribution in [-0.4, -0.2) is 23.7 Å². The topological polar surface area (TPSA) is 64.5 Å². The van der Waals surface area contributed by atoms with Gasteiger partial charge in [-0.3, -0.25) is 0 Å². The Kier molecular flexibility index (Phi) is 5.17. The largest absolute Gasteiger partial charge is 0.247 e. The average Bonchev–Trinajstić information content (AvgIpc) is 3.69. The van der Waals surface area contributed by atoms with Crippen LogP contribution in [0.2, 0.25) is 0 Å². The minimum atomic E-state index is 0.730. The number of hydrogen-bond acceptors (Lipinski definition) is 7. The van der Waals surface area contributed by atoms with Crippen molar-refractivity contribution >= 4 is 76.1 Å². The molecule has 0 saturated heterocycles. The van der Waals surface area contributed by atoms with Gasteiger partial charge in [0, 0.05) is 42.9 Å². The zero-order valence-electron chi connectivity index (χ0n) is 22.0. The van der Waals surface area contributed by atoms with Crippen molar-refractivity contribution in [1.29, 1.82) is 0 Å². The first-order chi connectivity index (χ1) is 20.8. The van der Waals surface area contributed by atoms with E-state index in [1.165, 1.54) is 16.4 Å². The predicted molar refractivity (Wildman–Crippen MR) is 175 cm³/mol. The Hall–Kier alpha value is -5.11. The Labute approximate surface area is 248 Å². The molecule has 0 spiro atoms. The molecule has 0 atom stereocenters. The van der Waals surface area contributed by atoms with Gasteiger partial charge in [-0.1, -0.05) is 91.0 Å². The standard InChI is InChI=1S/C35H19N5S2/c1-2-8-22(9-3-1)35-37-31(34-32(38-35)24-11-5-7-13-28(24)41-34)21-16-14-20(15-17-21)30-25-18-19-27-33(40-42-39-27)29(25)23-10-4-6-12-26(23)36-30/h1-19H. The van der Waals surface area contributed by atoms with Crippen molar-refractivity contribution in [1.82, 2.24) is 23.7 Å². The number of benzene rings is 5. The van der Waals surface area contributed by atoms with Crippen molar-refractivity contribution in [2.45, 2.75) is 0 Å². The van der Waals surface area contributed by atoms with Crippen LogP contribution in [0.5, 0.6) is 0 Å². The molecule has 5 nitrogen and oxygen atoms in total. The van der Waals surface area contributed by atoms with Gasteiger partial charge in [-0.25, -0.2) is 15.0 Å². The van der Waals surface area contributed by atoms with E-state index in [0.29, 0.717) is 0 Å². The van der Waals surface area contributed by atoms with E-state index in [2.05, 4.69) is 93.7 Å². The van der Waals surface area contributed by atoms with Crippen LogP contribution in [0.1, 0.15) is 0 Å². The van der Waals surface area contributed by atoms with Crippen molar-refractivity contribution in [2.24, 2.45) is 0 Å². The molecule has 5 aromatic carbocycles. The summed E-state index contributed by atoms with van der Waals surface area (Å²) in [5.41, 5.74) is 8.75. The number of pyridine rings is 1. The van der Waals surface area contributed by atoms with Crippen LogP contribution in [-0.2, 0) is 0 Å². The monoisotopic (exact) mass is 573 g/mol. The van der Waals surface area contributed by atoms with Gasteiger partial charge in [0.1, 0.15) is 11.0 Å². The summed E-state index contributed by atoms with van der Waals surface area (Å²) in [4.78, 5) is 15.3. The highest BCUT2D eigenvalue weighted by Crippen LogP contribution is 2.41. The molecule has 0 N–H and O–H groups in total. The van der Waals surface area contributed by atoms with Gasteiger partial charge < -0.3 is 0 Å². The predicted octanol–water partition coefficient (Wildman–Crippen LogP) is 9.55. The van der Waals surface area contributed by atoms with E-state index < -0.39 is 0 Å². The van der Waals surface area contributed by atoms with E-state index in [1.54, 1.807) is 11.3 Å². The second-order valence-electron chi connectivity index (χ2n) is 10.2. The molecule has 0 aliphatic rings. The Morgan fingerprint density at radius 3 is 2.05 bits per heavy atom. The van der Waals surface area contributed by atoms with Crippen molar-refractivity contribution < 1.29 is 0 Å². The molecule has 42 heavy (non-hydrogen) atoms. The summed E-state index contributed by atoms with van der Waals surface area (Å²) in [5.74, 6) is 0.730. The Morgan fingerprint density at radius 1 is 0.452 bits per heavy atom. The van der Waals surface area contributed by atoms with Gasteiger partial charge in [0.25, 0.3) is 0 Å². The highest BCUT2D eigenvalue weighted by atomic mass is 32.1. The van der Waals surface area contributed by atoms with Gasteiger partial charge in [0.05, 0.1) is 38.8 Å². The summed E-state index contributed by atoms with van der Waals surface area (Å²) in [6.45, 7) is 0. The number of thiophene rings is 1. The van der Waals surface area contributed by atoms with Crippen molar-refractivity contribution in [3.8, 4) is 33.9 Å². The fourth-order valence-corrected chi connectivity index (χ4v) is 7.49. The zero-order valence-corrected chi connectivity index (χ0v) is 23.7. The fraction of sp³-hybridized carbons (Fsp3) is 0. The quantitative estimate of drug-likeness (QED) is 0.197. The maximum atomic E-state index is 5.13. The molecule has 0 saturated carbocycles. The minimum absolute atomic E-state index is 0.730. The highest BCUT2D eigenvalue weighted by Gasteiger charge is 2.18. The van der Waals surface area contributed by atoms with Crippen LogP contribution < -0.4 is 0 Å². The van der Waals surface area contributed by atoms with E-state index in [-0.39, 0.29) is 0 Å². The van der Waals surface area contributed by atoms with Crippen LogP contribution in [0.4, 0.5) is 0 Å². The van der Waals surface area contributed by atoms with Crippen LogP contribution in [0, 0.1) is 0 Å². The number of rotatable bonds is 3. The molecule has 0 bridgehead atoms. The summed E-state index contributed by atoms with van der Waals surface area (Å²) < 4.78 is 11.4. The molecule has 0 unspecified atom stereocenters. The van der Waals surface area contributed by atoms with Gasteiger partial charge in [0.15, 0.2) is 5.82 Å². The molecule has 0 radical (unpaired) electrons. The average molecular weight is 574 g/mol. The molecule has 4 aromatic heterocycles. The molecular weight excluding hydrogens is 555 g/mol. The Bertz CT molecular complexity index is 2460. The number of hydrogen-bond donors (Lipinski definition) is 0. The Morgan fingerprint density at radius 2 is 1.19 bits per heavy atom. The number of aromatic nitrogens is 5. The van der Waals surface area contributed by atoms with Crippen molar-refractivity contribution in [2.75, 3.05) is 0 Å². The van der Waals surface area contributed by atoms with Crippen molar-refractivity contribution in [3.05, 3.63) is 115 Å². The summed E-state index contributed by atoms with van der Waals surface area (Å²) in [7, 11) is 0. The van der Waals surface area contributed by atoms with Crippen LogP contribution in [0.15, 0.2) is 115 Å². The summed E-state index contributed by atoms with van der Waals surface area (Å²) in [6.07, 6.45) is 0. The van der Waals surface area contributed by atoms with E-state index in [4.69, 9.17) is 15.0 Å². The summed E-state index contributed by atoms with van der Waals surface area (Å²) in [5, 5.41) is 4.42. The molecule has 7 heteroatoms. The maximum absolute atomic E-state index is 5.13. The number of fused-ring (bicyclic) bond motifs is 8. The highest BCUT2D eigenvalue weighted by molar-refractivity contribution is 7.26. The second-order valence-corrected chi connectivity index (χ2v) is 11.8. The molecule has 4 heterocycles. The van der Waals surface area contributed by atoms with Gasteiger partial charge in [-0.15, -0.1) is 11.3 Å². The maximum Gasteiger partial charge on any atom is 0.160 e. The molecule has 0 aliphatic heterocycles. The normalized spacial score (nSPS) is 11.8. The zero-order chi connectivity index (χ0) is 27.6. The third kappa shape index (κ3) is 3.57. The molecule has 9 rings (SSSR count). The molecule has 9 aromatic rings. The van der Waals surface area contributed by atoms with Crippen LogP contribution >= 0.6 is 23.1 Å². The van der Waals surface area contributed by atoms with Gasteiger partial charge in [-0.05, 0) is 24.3 Å². The van der Waals surface area contributed by atoms with E-state index in [0.717, 1.165) is 82.2 Å². The molecule has 0 amide bonds. The fourth-order valence-electron chi connectivity index (χ4n) is 5.79. The SMILES string of the molecule is c1ccc(-c2nc(-c3ccc(-c4nc5ccccc5c5c4ccc4nsnc45)cc3)c3sc4ccccc4c3n2)cc1. The first-order valence-corrected chi connectivity index (χ1v) is 15.2. The van der Waals surface area contributed by atoms with Gasteiger partial charge in [0.2, 0.25) is 0 Å². The first kappa shape index (κ1) is 23.6. The number of para-hydroxylation sites is 1. The lowest BCUT2D eigenvalue weighted by Crippen LogP contribution is -1.94. The van der Waals surface area contributed by atoms with E-state index in [1.807, 2.05) is 30.3 Å². The smallest absolute Gasteiger partial charge is 0.160 e. The van der Waals surface area contributed by atoms with Crippen molar-refractivity contribution in [3.63, 3.8) is 0 Å². The van der Waals surface area contributed by atoms with Crippen LogP contribution in [0.3, 0.4) is 0 Å². The lowest BCUT2D eigenvalue weighted by molar-refractivity contribution is 1.24. The molecule has 196 valence electrons. The van der Waals surface area contributed by atoms with E-state index >= 15 is 0 Å². The lowest BCUT2D eigenvalue weighted by atomic mass is 9.98. The third-order valence-electron chi connectivity index (χ3n) is 7.77. The first-order valence-electron chi connectivity index (χ1n) is 13.6. The minimum Gasteiger partial charge on any atom is -0.247 e. The van der Waals surface area contributed by atoms with Gasteiger partial charge >= 0.3 is 0 Å². The van der Waals surface area contributed by atoms with Gasteiger partial charge in [-0.2, -0.15) is 8.75 Å². The molecule has 0 fully saturated rings. The number of nitrogens with zero attached hydrogens (tertiary/aromatic N) is 5. The lowest BCUT2D eigenvalue weighted by Gasteiger charge is -2.11. The molecular formula is C35H19N5S2.